The smallest absolute Gasteiger partial charge is 0.224 e. The summed E-state index contributed by atoms with van der Waals surface area (Å²) >= 11 is 0. The zero-order valence-electron chi connectivity index (χ0n) is 12.2. The fourth-order valence-corrected chi connectivity index (χ4v) is 2.09. The monoisotopic (exact) mass is 275 g/mol. The Morgan fingerprint density at radius 1 is 1.40 bits per heavy atom. The molecule has 108 valence electrons. The lowest BCUT2D eigenvalue weighted by atomic mass is 10.1. The number of hydrogen-bond donors (Lipinski definition) is 2. The summed E-state index contributed by atoms with van der Waals surface area (Å²) < 4.78 is 5.22. The topological polar surface area (TPSA) is 57.4 Å². The van der Waals surface area contributed by atoms with Crippen molar-refractivity contribution in [2.75, 3.05) is 34.3 Å². The Balaban J connectivity index is 2.03. The molecule has 1 aromatic heterocycles. The van der Waals surface area contributed by atoms with Crippen LogP contribution >= 0.6 is 0 Å². The first kappa shape index (κ1) is 14.4. The minimum Gasteiger partial charge on any atom is -0.497 e. The van der Waals surface area contributed by atoms with E-state index in [1.807, 2.05) is 43.4 Å². The van der Waals surface area contributed by atoms with Crippen molar-refractivity contribution in [1.29, 1.82) is 0 Å². The van der Waals surface area contributed by atoms with Crippen LogP contribution in [0.5, 0.6) is 5.75 Å². The predicted octanol–water partition coefficient (Wildman–Crippen LogP) is 1.40. The van der Waals surface area contributed by atoms with E-state index in [-0.39, 0.29) is 5.91 Å². The highest BCUT2D eigenvalue weighted by molar-refractivity contribution is 5.89. The molecule has 1 amide bonds. The maximum atomic E-state index is 11.9. The van der Waals surface area contributed by atoms with Gasteiger partial charge < -0.3 is 19.9 Å². The van der Waals surface area contributed by atoms with Gasteiger partial charge in [-0.05, 0) is 37.9 Å². The highest BCUT2D eigenvalue weighted by atomic mass is 16.5. The van der Waals surface area contributed by atoms with Gasteiger partial charge in [0.25, 0.3) is 0 Å². The van der Waals surface area contributed by atoms with Crippen molar-refractivity contribution >= 4 is 16.8 Å². The van der Waals surface area contributed by atoms with E-state index in [1.165, 1.54) is 0 Å². The summed E-state index contributed by atoms with van der Waals surface area (Å²) in [5, 5.41) is 3.95. The number of carbonyl (C=O) groups excluding carboxylic acids is 1. The number of aromatic nitrogens is 1. The van der Waals surface area contributed by atoms with Crippen LogP contribution in [0.15, 0.2) is 24.4 Å². The van der Waals surface area contributed by atoms with Gasteiger partial charge in [0, 0.05) is 30.2 Å². The van der Waals surface area contributed by atoms with Crippen LogP contribution in [0, 0.1) is 0 Å². The van der Waals surface area contributed by atoms with Gasteiger partial charge in [0.1, 0.15) is 5.75 Å². The maximum Gasteiger partial charge on any atom is 0.224 e. The summed E-state index contributed by atoms with van der Waals surface area (Å²) in [5.74, 6) is 0.835. The lowest BCUT2D eigenvalue weighted by molar-refractivity contribution is -0.120. The Labute approximate surface area is 118 Å². The first-order valence-electron chi connectivity index (χ1n) is 6.65. The summed E-state index contributed by atoms with van der Waals surface area (Å²) in [6.07, 6.45) is 2.26. The normalized spacial score (nSPS) is 11.0. The molecular formula is C15H21N3O2. The molecule has 0 bridgehead atoms. The molecular weight excluding hydrogens is 254 g/mol. The number of rotatable bonds is 6. The van der Waals surface area contributed by atoms with Gasteiger partial charge in [0.15, 0.2) is 0 Å². The highest BCUT2D eigenvalue weighted by Gasteiger charge is 2.09. The Bertz CT molecular complexity index is 590. The molecule has 5 heteroatoms. The van der Waals surface area contributed by atoms with Crippen LogP contribution in [0.2, 0.25) is 0 Å². The van der Waals surface area contributed by atoms with Gasteiger partial charge >= 0.3 is 0 Å². The average Bonchev–Trinajstić information content (AvgIpc) is 2.80. The van der Waals surface area contributed by atoms with Gasteiger partial charge in [-0.15, -0.1) is 0 Å². The third-order valence-corrected chi connectivity index (χ3v) is 3.21. The first-order valence-corrected chi connectivity index (χ1v) is 6.65. The summed E-state index contributed by atoms with van der Waals surface area (Å²) in [6.45, 7) is 1.50. The minimum absolute atomic E-state index is 0.0376. The third kappa shape index (κ3) is 3.51. The quantitative estimate of drug-likeness (QED) is 0.838. The molecule has 2 rings (SSSR count). The molecule has 0 radical (unpaired) electrons. The Morgan fingerprint density at radius 3 is 2.90 bits per heavy atom. The van der Waals surface area contributed by atoms with Crippen LogP contribution < -0.4 is 10.1 Å². The van der Waals surface area contributed by atoms with E-state index in [0.717, 1.165) is 28.8 Å². The molecule has 0 saturated heterocycles. The number of nitrogens with zero attached hydrogens (tertiary/aromatic N) is 1. The van der Waals surface area contributed by atoms with Gasteiger partial charge in [0.05, 0.1) is 13.5 Å². The molecule has 1 heterocycles. The largest absolute Gasteiger partial charge is 0.497 e. The number of likely N-dealkylation sites (N-methyl/N-ethyl adjacent to an activating group) is 1. The highest BCUT2D eigenvalue weighted by Crippen LogP contribution is 2.23. The number of benzene rings is 1. The molecule has 1 aromatic carbocycles. The maximum absolute atomic E-state index is 11.9. The van der Waals surface area contributed by atoms with Crippen molar-refractivity contribution in [3.05, 3.63) is 30.0 Å². The number of aromatic amines is 1. The molecule has 20 heavy (non-hydrogen) atoms. The fraction of sp³-hybridized carbons (Fsp3) is 0.400. The number of carbonyl (C=O) groups is 1. The fourth-order valence-electron chi connectivity index (χ4n) is 2.09. The molecule has 0 spiro atoms. The van der Waals surface area contributed by atoms with Crippen molar-refractivity contribution in [2.45, 2.75) is 6.42 Å². The van der Waals surface area contributed by atoms with E-state index in [0.29, 0.717) is 13.0 Å². The number of amides is 1. The molecule has 5 nitrogen and oxygen atoms in total. The van der Waals surface area contributed by atoms with E-state index in [4.69, 9.17) is 4.74 Å². The molecule has 0 aliphatic carbocycles. The number of ether oxygens (including phenoxy) is 1. The van der Waals surface area contributed by atoms with Crippen LogP contribution in [0.1, 0.15) is 5.56 Å². The second kappa shape index (κ2) is 6.43. The van der Waals surface area contributed by atoms with Gasteiger partial charge in [-0.2, -0.15) is 0 Å². The van der Waals surface area contributed by atoms with E-state index in [1.54, 1.807) is 7.11 Å². The molecule has 2 aromatic rings. The lowest BCUT2D eigenvalue weighted by Gasteiger charge is -2.10. The standard InChI is InChI=1S/C15H21N3O2/c1-18(2)7-6-16-15(19)8-11-10-17-14-5-4-12(20-3)9-13(11)14/h4-5,9-10,17H,6-8H2,1-3H3,(H,16,19). The first-order chi connectivity index (χ1) is 9.60. The van der Waals surface area contributed by atoms with Crippen molar-refractivity contribution < 1.29 is 9.53 Å². The summed E-state index contributed by atoms with van der Waals surface area (Å²) in [4.78, 5) is 17.1. The summed E-state index contributed by atoms with van der Waals surface area (Å²) in [5.41, 5.74) is 2.00. The predicted molar refractivity (Wildman–Crippen MR) is 80.1 cm³/mol. The van der Waals surface area contributed by atoms with E-state index in [2.05, 4.69) is 10.3 Å². The molecule has 0 atom stereocenters. The molecule has 0 unspecified atom stereocenters. The van der Waals surface area contributed by atoms with Crippen molar-refractivity contribution in [3.8, 4) is 5.75 Å². The minimum atomic E-state index is 0.0376. The second-order valence-corrected chi connectivity index (χ2v) is 5.06. The summed E-state index contributed by atoms with van der Waals surface area (Å²) in [7, 11) is 5.61. The van der Waals surface area contributed by atoms with Crippen LogP contribution in [0.4, 0.5) is 0 Å². The molecule has 0 aliphatic heterocycles. The number of H-pyrrole nitrogens is 1. The lowest BCUT2D eigenvalue weighted by Crippen LogP contribution is -2.32. The summed E-state index contributed by atoms with van der Waals surface area (Å²) in [6, 6.07) is 5.82. The zero-order valence-corrected chi connectivity index (χ0v) is 12.2. The average molecular weight is 275 g/mol. The number of methoxy groups -OCH3 is 1. The van der Waals surface area contributed by atoms with Gasteiger partial charge in [0.2, 0.25) is 5.91 Å². The SMILES string of the molecule is COc1ccc2[nH]cc(CC(=O)NCCN(C)C)c2c1. The Hall–Kier alpha value is -2.01. The van der Waals surface area contributed by atoms with Gasteiger partial charge in [-0.1, -0.05) is 0 Å². The van der Waals surface area contributed by atoms with Crippen LogP contribution in [0.25, 0.3) is 10.9 Å². The molecule has 0 saturated carbocycles. The van der Waals surface area contributed by atoms with Crippen LogP contribution in [-0.2, 0) is 11.2 Å². The van der Waals surface area contributed by atoms with Crippen molar-refractivity contribution in [3.63, 3.8) is 0 Å². The molecule has 2 N–H and O–H groups in total. The Kier molecular flexibility index (Phi) is 4.63. The number of nitrogens with one attached hydrogen (secondary N) is 2. The van der Waals surface area contributed by atoms with Crippen LogP contribution in [0.3, 0.4) is 0 Å². The van der Waals surface area contributed by atoms with E-state index < -0.39 is 0 Å². The zero-order chi connectivity index (χ0) is 14.5. The Morgan fingerprint density at radius 2 is 2.20 bits per heavy atom. The van der Waals surface area contributed by atoms with Crippen molar-refractivity contribution in [2.24, 2.45) is 0 Å². The van der Waals surface area contributed by atoms with Gasteiger partial charge in [-0.3, -0.25) is 4.79 Å². The van der Waals surface area contributed by atoms with E-state index in [9.17, 15) is 4.79 Å². The second-order valence-electron chi connectivity index (χ2n) is 5.06. The third-order valence-electron chi connectivity index (χ3n) is 3.21. The van der Waals surface area contributed by atoms with E-state index >= 15 is 0 Å². The number of fused-ring (bicyclic) bond motifs is 1. The number of hydrogen-bond acceptors (Lipinski definition) is 3. The van der Waals surface area contributed by atoms with Gasteiger partial charge in [-0.25, -0.2) is 0 Å². The molecule has 0 aliphatic rings. The van der Waals surface area contributed by atoms with Crippen LogP contribution in [-0.4, -0.2) is 50.1 Å². The van der Waals surface area contributed by atoms with Crippen molar-refractivity contribution in [1.82, 2.24) is 15.2 Å². The molecule has 0 fully saturated rings.